The van der Waals surface area contributed by atoms with Crippen LogP contribution in [0.15, 0.2) is 42.5 Å². The number of ether oxygens (including phenoxy) is 1. The van der Waals surface area contributed by atoms with Gasteiger partial charge in [0.15, 0.2) is 0 Å². The number of hydrogen-bond donors (Lipinski definition) is 2. The van der Waals surface area contributed by atoms with E-state index in [-0.39, 0.29) is 5.91 Å². The zero-order valence-corrected chi connectivity index (χ0v) is 17.7. The molecular formula is C23H29N3O3. The molecule has 0 fully saturated rings. The fourth-order valence-electron chi connectivity index (χ4n) is 3.44. The van der Waals surface area contributed by atoms with Crippen LogP contribution in [0, 0.1) is 0 Å². The lowest BCUT2D eigenvalue weighted by Gasteiger charge is -2.21. The molecular weight excluding hydrogens is 366 g/mol. The third kappa shape index (κ3) is 4.70. The van der Waals surface area contributed by atoms with Gasteiger partial charge in [-0.05, 0) is 58.4 Å². The van der Waals surface area contributed by atoms with Crippen LogP contribution in [-0.4, -0.2) is 28.2 Å². The number of rotatable bonds is 5. The molecule has 0 radical (unpaired) electrons. The lowest BCUT2D eigenvalue weighted by Crippen LogP contribution is -2.46. The molecule has 1 aromatic heterocycles. The highest BCUT2D eigenvalue weighted by Gasteiger charge is 2.21. The number of nitrogens with one attached hydrogen (secondary N) is 2. The summed E-state index contributed by atoms with van der Waals surface area (Å²) in [6.07, 6.45) is -0.603. The van der Waals surface area contributed by atoms with E-state index in [0.717, 1.165) is 12.1 Å². The summed E-state index contributed by atoms with van der Waals surface area (Å²) in [6, 6.07) is 13.9. The molecule has 29 heavy (non-hydrogen) atoms. The summed E-state index contributed by atoms with van der Waals surface area (Å²) in [7, 11) is 0. The molecule has 6 nitrogen and oxygen atoms in total. The van der Waals surface area contributed by atoms with E-state index in [1.807, 2.05) is 18.2 Å². The van der Waals surface area contributed by atoms with Gasteiger partial charge in [-0.3, -0.25) is 4.79 Å². The Morgan fingerprint density at radius 1 is 1.07 bits per heavy atom. The van der Waals surface area contributed by atoms with Gasteiger partial charge < -0.3 is 19.9 Å². The van der Waals surface area contributed by atoms with Crippen LogP contribution in [0.1, 0.15) is 40.2 Å². The van der Waals surface area contributed by atoms with Crippen LogP contribution in [0.2, 0.25) is 0 Å². The number of nitrogens with zero attached hydrogens (tertiary/aromatic N) is 1. The van der Waals surface area contributed by atoms with Gasteiger partial charge in [0.25, 0.3) is 0 Å². The van der Waals surface area contributed by atoms with E-state index in [9.17, 15) is 9.59 Å². The number of aryl methyl sites for hydroxylation is 1. The Morgan fingerprint density at radius 3 is 2.45 bits per heavy atom. The van der Waals surface area contributed by atoms with Crippen LogP contribution in [-0.2, 0) is 22.6 Å². The largest absolute Gasteiger partial charge is 0.444 e. The minimum atomic E-state index is -0.685. The van der Waals surface area contributed by atoms with Gasteiger partial charge in [-0.1, -0.05) is 24.3 Å². The van der Waals surface area contributed by atoms with E-state index in [1.165, 1.54) is 21.8 Å². The number of hydrogen-bond acceptors (Lipinski definition) is 3. The van der Waals surface area contributed by atoms with Crippen LogP contribution in [0.3, 0.4) is 0 Å². The molecule has 0 aliphatic carbocycles. The van der Waals surface area contributed by atoms with Crippen LogP contribution < -0.4 is 10.6 Å². The Labute approximate surface area is 171 Å². The first-order valence-corrected chi connectivity index (χ1v) is 9.96. The number of para-hydroxylation sites is 1. The molecule has 2 aromatic carbocycles. The summed E-state index contributed by atoms with van der Waals surface area (Å²) in [5.41, 5.74) is 2.80. The van der Waals surface area contributed by atoms with E-state index >= 15 is 0 Å². The average Bonchev–Trinajstić information content (AvgIpc) is 2.97. The topological polar surface area (TPSA) is 72.4 Å². The average molecular weight is 396 g/mol. The number of fused-ring (bicyclic) bond motifs is 3. The summed E-state index contributed by atoms with van der Waals surface area (Å²) >= 11 is 0. The van der Waals surface area contributed by atoms with Gasteiger partial charge in [0.2, 0.25) is 5.91 Å². The lowest BCUT2D eigenvalue weighted by atomic mass is 10.1. The third-order valence-corrected chi connectivity index (χ3v) is 4.75. The van der Waals surface area contributed by atoms with Crippen molar-refractivity contribution in [2.24, 2.45) is 0 Å². The molecule has 2 amide bonds. The minimum absolute atomic E-state index is 0.257. The molecule has 3 aromatic rings. The number of carbonyl (C=O) groups is 2. The monoisotopic (exact) mass is 395 g/mol. The van der Waals surface area contributed by atoms with Gasteiger partial charge in [-0.2, -0.15) is 0 Å². The minimum Gasteiger partial charge on any atom is -0.444 e. The van der Waals surface area contributed by atoms with Gasteiger partial charge in [0, 0.05) is 34.9 Å². The molecule has 0 bridgehead atoms. The van der Waals surface area contributed by atoms with Gasteiger partial charge in [-0.25, -0.2) is 4.79 Å². The van der Waals surface area contributed by atoms with E-state index in [1.54, 1.807) is 27.7 Å². The molecule has 0 aliphatic rings. The summed E-state index contributed by atoms with van der Waals surface area (Å²) in [6.45, 7) is 10.4. The summed E-state index contributed by atoms with van der Waals surface area (Å²) in [4.78, 5) is 24.2. The number of alkyl carbamates (subject to hydrolysis) is 1. The van der Waals surface area contributed by atoms with Gasteiger partial charge >= 0.3 is 6.09 Å². The summed E-state index contributed by atoms with van der Waals surface area (Å²) in [5.74, 6) is -0.257. The Hall–Kier alpha value is -3.02. The molecule has 1 heterocycles. The fourth-order valence-corrected chi connectivity index (χ4v) is 3.44. The Kier molecular flexibility index (Phi) is 5.82. The summed E-state index contributed by atoms with van der Waals surface area (Å²) < 4.78 is 7.48. The molecule has 0 aliphatic heterocycles. The highest BCUT2D eigenvalue weighted by molar-refractivity contribution is 6.08. The van der Waals surface area contributed by atoms with Gasteiger partial charge in [0.1, 0.15) is 11.6 Å². The zero-order valence-electron chi connectivity index (χ0n) is 17.7. The predicted octanol–water partition coefficient (Wildman–Crippen LogP) is 4.34. The van der Waals surface area contributed by atoms with Crippen molar-refractivity contribution in [2.75, 3.05) is 0 Å². The molecule has 3 rings (SSSR count). The zero-order chi connectivity index (χ0) is 21.2. The Balaban J connectivity index is 1.70. The van der Waals surface area contributed by atoms with Crippen molar-refractivity contribution in [3.8, 4) is 0 Å². The van der Waals surface area contributed by atoms with Gasteiger partial charge in [-0.15, -0.1) is 0 Å². The van der Waals surface area contributed by atoms with Gasteiger partial charge in [0.05, 0.1) is 0 Å². The highest BCUT2D eigenvalue weighted by Crippen LogP contribution is 2.29. The molecule has 0 saturated carbocycles. The van der Waals surface area contributed by atoms with Crippen LogP contribution in [0.5, 0.6) is 0 Å². The molecule has 1 atom stereocenters. The smallest absolute Gasteiger partial charge is 0.408 e. The lowest BCUT2D eigenvalue weighted by molar-refractivity contribution is -0.122. The molecule has 6 heteroatoms. The van der Waals surface area contributed by atoms with Crippen molar-refractivity contribution in [2.45, 2.75) is 59.4 Å². The van der Waals surface area contributed by atoms with Crippen molar-refractivity contribution >= 4 is 33.8 Å². The third-order valence-electron chi connectivity index (χ3n) is 4.75. The Bertz CT molecular complexity index is 1050. The fraction of sp³-hybridized carbons (Fsp3) is 0.391. The van der Waals surface area contributed by atoms with Crippen molar-refractivity contribution in [1.82, 2.24) is 15.2 Å². The first-order chi connectivity index (χ1) is 13.7. The maximum absolute atomic E-state index is 12.4. The SMILES string of the molecule is CCn1c2ccccc2c2cc(CNC(=O)[C@H](C)NC(=O)OC(C)(C)C)ccc21. The van der Waals surface area contributed by atoms with Crippen LogP contribution in [0.25, 0.3) is 21.8 Å². The molecule has 0 unspecified atom stereocenters. The maximum atomic E-state index is 12.4. The first-order valence-electron chi connectivity index (χ1n) is 9.96. The highest BCUT2D eigenvalue weighted by atomic mass is 16.6. The van der Waals surface area contributed by atoms with E-state index < -0.39 is 17.7 Å². The van der Waals surface area contributed by atoms with E-state index in [0.29, 0.717) is 6.54 Å². The second-order valence-electron chi connectivity index (χ2n) is 8.20. The molecule has 154 valence electrons. The van der Waals surface area contributed by atoms with Crippen LogP contribution in [0.4, 0.5) is 4.79 Å². The van der Waals surface area contributed by atoms with Crippen molar-refractivity contribution in [1.29, 1.82) is 0 Å². The predicted molar refractivity (Wildman–Crippen MR) is 116 cm³/mol. The standard InChI is InChI=1S/C23H29N3O3/c1-6-26-19-10-8-7-9-17(19)18-13-16(11-12-20(18)26)14-24-21(27)15(2)25-22(28)29-23(3,4)5/h7-13,15H,6,14H2,1-5H3,(H,24,27)(H,25,28)/t15-/m0/s1. The number of benzene rings is 2. The number of amides is 2. The molecule has 2 N–H and O–H groups in total. The van der Waals surface area contributed by atoms with E-state index in [2.05, 4.69) is 46.4 Å². The number of carbonyl (C=O) groups excluding carboxylic acids is 2. The Morgan fingerprint density at radius 2 is 1.76 bits per heavy atom. The summed E-state index contributed by atoms with van der Waals surface area (Å²) in [5, 5.41) is 7.83. The van der Waals surface area contributed by atoms with Crippen molar-refractivity contribution in [3.63, 3.8) is 0 Å². The van der Waals surface area contributed by atoms with Crippen molar-refractivity contribution < 1.29 is 14.3 Å². The molecule has 0 saturated heterocycles. The second kappa shape index (κ2) is 8.15. The first kappa shape index (κ1) is 20.7. The normalized spacial score (nSPS) is 12.7. The van der Waals surface area contributed by atoms with Crippen LogP contribution >= 0.6 is 0 Å². The second-order valence-corrected chi connectivity index (χ2v) is 8.20. The number of aromatic nitrogens is 1. The maximum Gasteiger partial charge on any atom is 0.408 e. The van der Waals surface area contributed by atoms with Crippen molar-refractivity contribution in [3.05, 3.63) is 48.0 Å². The van der Waals surface area contributed by atoms with E-state index in [4.69, 9.17) is 4.74 Å². The quantitative estimate of drug-likeness (QED) is 0.675. The molecule has 0 spiro atoms.